The molecule has 2 N–H and O–H groups in total. The minimum absolute atomic E-state index is 0.230. The van der Waals surface area contributed by atoms with Gasteiger partial charge in [-0.15, -0.1) is 11.8 Å². The lowest BCUT2D eigenvalue weighted by Gasteiger charge is -2.13. The summed E-state index contributed by atoms with van der Waals surface area (Å²) in [6, 6.07) is 7.04. The Bertz CT molecular complexity index is 866. The van der Waals surface area contributed by atoms with Crippen molar-refractivity contribution >= 4 is 39.1 Å². The Labute approximate surface area is 142 Å². The molecule has 9 heteroatoms. The van der Waals surface area contributed by atoms with Crippen LogP contribution in [0.3, 0.4) is 0 Å². The van der Waals surface area contributed by atoms with Gasteiger partial charge in [0.15, 0.2) is 0 Å². The van der Waals surface area contributed by atoms with Crippen molar-refractivity contribution in [1.82, 2.24) is 0 Å². The summed E-state index contributed by atoms with van der Waals surface area (Å²) in [4.78, 5) is 11.7. The molecule has 0 saturated heterocycles. The van der Waals surface area contributed by atoms with E-state index in [9.17, 15) is 22.0 Å². The Hall–Kier alpha value is -2.13. The van der Waals surface area contributed by atoms with Crippen molar-refractivity contribution in [2.45, 2.75) is 16.7 Å². The number of carbonyl (C=O) groups is 1. The van der Waals surface area contributed by atoms with Crippen LogP contribution in [0.1, 0.15) is 6.92 Å². The average molecular weight is 372 g/mol. The first-order chi connectivity index (χ1) is 11.2. The minimum atomic E-state index is -4.23. The van der Waals surface area contributed by atoms with E-state index in [2.05, 4.69) is 5.32 Å². The van der Waals surface area contributed by atoms with Crippen LogP contribution in [0.2, 0.25) is 0 Å². The van der Waals surface area contributed by atoms with Crippen LogP contribution in [-0.4, -0.2) is 20.6 Å². The van der Waals surface area contributed by atoms with E-state index in [1.165, 1.54) is 36.9 Å². The highest BCUT2D eigenvalue weighted by Gasteiger charge is 2.20. The van der Waals surface area contributed by atoms with E-state index < -0.39 is 27.3 Å². The molecule has 0 aliphatic heterocycles. The van der Waals surface area contributed by atoms with Crippen LogP contribution in [-0.2, 0) is 14.8 Å². The summed E-state index contributed by atoms with van der Waals surface area (Å²) < 4.78 is 53.9. The Balaban J connectivity index is 2.44. The number of para-hydroxylation sites is 1. The van der Waals surface area contributed by atoms with E-state index in [1.54, 1.807) is 6.26 Å². The van der Waals surface area contributed by atoms with E-state index in [0.717, 1.165) is 18.2 Å². The number of amides is 1. The summed E-state index contributed by atoms with van der Waals surface area (Å²) in [5.74, 6) is -2.42. The molecule has 0 fully saturated rings. The zero-order valence-electron chi connectivity index (χ0n) is 12.8. The normalized spacial score (nSPS) is 11.2. The standard InChI is InChI=1S/C15H14F2N2O3S2/c1-9(20)18-13-8-10(6-7-14(13)23-2)24(21,22)19-15-11(16)4-3-5-12(15)17/h3-8,19H,1-2H3,(H,18,20). The molecule has 0 bridgehead atoms. The fourth-order valence-electron chi connectivity index (χ4n) is 1.93. The molecule has 1 amide bonds. The van der Waals surface area contributed by atoms with Crippen molar-refractivity contribution in [2.24, 2.45) is 0 Å². The van der Waals surface area contributed by atoms with E-state index >= 15 is 0 Å². The fraction of sp³-hybridized carbons (Fsp3) is 0.133. The first-order valence-electron chi connectivity index (χ1n) is 6.67. The van der Waals surface area contributed by atoms with Crippen LogP contribution >= 0.6 is 11.8 Å². The molecule has 0 atom stereocenters. The third-order valence-corrected chi connectivity index (χ3v) is 5.13. The maximum absolute atomic E-state index is 13.6. The lowest BCUT2D eigenvalue weighted by atomic mass is 10.3. The van der Waals surface area contributed by atoms with Crippen molar-refractivity contribution in [3.8, 4) is 0 Å². The second-order valence-electron chi connectivity index (χ2n) is 4.75. The van der Waals surface area contributed by atoms with E-state index in [1.807, 2.05) is 4.72 Å². The number of nitrogens with one attached hydrogen (secondary N) is 2. The molecule has 0 radical (unpaired) electrons. The van der Waals surface area contributed by atoms with E-state index in [0.29, 0.717) is 10.6 Å². The highest BCUT2D eigenvalue weighted by atomic mass is 32.2. The van der Waals surface area contributed by atoms with Gasteiger partial charge in [0.2, 0.25) is 5.91 Å². The van der Waals surface area contributed by atoms with Gasteiger partial charge in [-0.25, -0.2) is 17.2 Å². The molecule has 0 aromatic heterocycles. The van der Waals surface area contributed by atoms with Gasteiger partial charge >= 0.3 is 0 Å². The van der Waals surface area contributed by atoms with Crippen molar-refractivity contribution in [3.63, 3.8) is 0 Å². The molecule has 2 aromatic rings. The summed E-state index contributed by atoms with van der Waals surface area (Å²) in [5.41, 5.74) is -0.459. The van der Waals surface area contributed by atoms with Crippen molar-refractivity contribution in [1.29, 1.82) is 0 Å². The zero-order chi connectivity index (χ0) is 17.9. The summed E-state index contributed by atoms with van der Waals surface area (Å²) in [6.07, 6.45) is 1.77. The van der Waals surface area contributed by atoms with Crippen LogP contribution < -0.4 is 10.0 Å². The summed E-state index contributed by atoms with van der Waals surface area (Å²) in [5, 5.41) is 2.52. The van der Waals surface area contributed by atoms with Crippen molar-refractivity contribution in [3.05, 3.63) is 48.0 Å². The topological polar surface area (TPSA) is 75.3 Å². The third kappa shape index (κ3) is 4.04. The fourth-order valence-corrected chi connectivity index (χ4v) is 3.57. The number of hydrogen-bond donors (Lipinski definition) is 2. The molecule has 0 saturated carbocycles. The Kier molecular flexibility index (Phi) is 5.45. The zero-order valence-corrected chi connectivity index (χ0v) is 14.4. The Morgan fingerprint density at radius 3 is 2.29 bits per heavy atom. The maximum Gasteiger partial charge on any atom is 0.262 e. The number of hydrogen-bond acceptors (Lipinski definition) is 4. The first-order valence-corrected chi connectivity index (χ1v) is 9.38. The van der Waals surface area contributed by atoms with Gasteiger partial charge in [-0.1, -0.05) is 6.07 Å². The maximum atomic E-state index is 13.6. The number of rotatable bonds is 5. The predicted molar refractivity (Wildman–Crippen MR) is 89.7 cm³/mol. The molecular weight excluding hydrogens is 358 g/mol. The van der Waals surface area contributed by atoms with Crippen LogP contribution in [0.4, 0.5) is 20.2 Å². The van der Waals surface area contributed by atoms with Gasteiger partial charge in [0.05, 0.1) is 10.6 Å². The monoisotopic (exact) mass is 372 g/mol. The summed E-state index contributed by atoms with van der Waals surface area (Å²) in [6.45, 7) is 1.29. The number of benzene rings is 2. The van der Waals surface area contributed by atoms with Gasteiger partial charge in [0, 0.05) is 11.8 Å². The first kappa shape index (κ1) is 18.2. The Morgan fingerprint density at radius 2 is 1.75 bits per heavy atom. The minimum Gasteiger partial charge on any atom is -0.325 e. The number of thioether (sulfide) groups is 1. The van der Waals surface area contributed by atoms with Crippen molar-refractivity contribution in [2.75, 3.05) is 16.3 Å². The summed E-state index contributed by atoms with van der Waals surface area (Å²) >= 11 is 1.32. The molecule has 0 heterocycles. The molecule has 0 aliphatic rings. The van der Waals surface area contributed by atoms with Crippen LogP contribution in [0.15, 0.2) is 46.2 Å². The average Bonchev–Trinajstić information content (AvgIpc) is 2.50. The van der Waals surface area contributed by atoms with Gasteiger partial charge in [-0.3, -0.25) is 9.52 Å². The van der Waals surface area contributed by atoms with Gasteiger partial charge < -0.3 is 5.32 Å². The highest BCUT2D eigenvalue weighted by molar-refractivity contribution is 7.98. The number of carbonyl (C=O) groups excluding carboxylic acids is 1. The molecule has 24 heavy (non-hydrogen) atoms. The van der Waals surface area contributed by atoms with E-state index in [4.69, 9.17) is 0 Å². The second kappa shape index (κ2) is 7.18. The molecular formula is C15H14F2N2O3S2. The molecule has 128 valence electrons. The quantitative estimate of drug-likeness (QED) is 0.789. The lowest BCUT2D eigenvalue weighted by molar-refractivity contribution is -0.114. The van der Waals surface area contributed by atoms with Gasteiger partial charge in [0.1, 0.15) is 17.3 Å². The largest absolute Gasteiger partial charge is 0.325 e. The molecule has 0 unspecified atom stereocenters. The Morgan fingerprint density at radius 1 is 1.12 bits per heavy atom. The predicted octanol–water partition coefficient (Wildman–Crippen LogP) is 3.45. The van der Waals surface area contributed by atoms with Gasteiger partial charge in [0.25, 0.3) is 10.0 Å². The number of anilines is 2. The van der Waals surface area contributed by atoms with Crippen LogP contribution in [0, 0.1) is 11.6 Å². The molecule has 2 aromatic carbocycles. The highest BCUT2D eigenvalue weighted by Crippen LogP contribution is 2.29. The van der Waals surface area contributed by atoms with Gasteiger partial charge in [-0.05, 0) is 36.6 Å². The second-order valence-corrected chi connectivity index (χ2v) is 7.28. The smallest absolute Gasteiger partial charge is 0.262 e. The summed E-state index contributed by atoms with van der Waals surface area (Å²) in [7, 11) is -4.23. The van der Waals surface area contributed by atoms with Gasteiger partial charge in [-0.2, -0.15) is 0 Å². The molecule has 2 rings (SSSR count). The SMILES string of the molecule is CSc1ccc(S(=O)(=O)Nc2c(F)cccc2F)cc1NC(C)=O. The molecule has 0 aliphatic carbocycles. The third-order valence-electron chi connectivity index (χ3n) is 2.99. The lowest BCUT2D eigenvalue weighted by Crippen LogP contribution is -2.16. The van der Waals surface area contributed by atoms with Crippen LogP contribution in [0.5, 0.6) is 0 Å². The van der Waals surface area contributed by atoms with Crippen molar-refractivity contribution < 1.29 is 22.0 Å². The number of halogens is 2. The van der Waals surface area contributed by atoms with E-state index in [-0.39, 0.29) is 10.8 Å². The molecule has 5 nitrogen and oxygen atoms in total. The molecule has 0 spiro atoms. The van der Waals surface area contributed by atoms with Crippen LogP contribution in [0.25, 0.3) is 0 Å². The number of sulfonamides is 1.